The third-order valence-corrected chi connectivity index (χ3v) is 4.19. The Morgan fingerprint density at radius 3 is 2.84 bits per heavy atom. The maximum absolute atomic E-state index is 10.2. The van der Waals surface area contributed by atoms with E-state index < -0.39 is 24.5 Å². The van der Waals surface area contributed by atoms with Crippen LogP contribution in [-0.2, 0) is 4.74 Å². The molecule has 1 fully saturated rings. The number of hydrogen-bond donors (Lipinski definition) is 3. The van der Waals surface area contributed by atoms with Gasteiger partial charge >= 0.3 is 0 Å². The number of imidazole rings is 1. The van der Waals surface area contributed by atoms with Crippen LogP contribution in [0.15, 0.2) is 17.8 Å². The van der Waals surface area contributed by atoms with Gasteiger partial charge in [-0.3, -0.25) is 4.57 Å². The SMILES string of the molecule is C[C@H]1O[C@@H](n2cnc3c(N(C)N=CCCCN)ncnc32)[C@H](O)[C@@H]1O. The normalized spacial score (nSPS) is 26.8. The largest absolute Gasteiger partial charge is 0.388 e. The first-order chi connectivity index (χ1) is 12.0. The van der Waals surface area contributed by atoms with E-state index in [0.29, 0.717) is 23.5 Å². The van der Waals surface area contributed by atoms with E-state index in [1.807, 2.05) is 0 Å². The molecule has 0 spiro atoms. The molecule has 10 nitrogen and oxygen atoms in total. The quantitative estimate of drug-likeness (QED) is 0.365. The van der Waals surface area contributed by atoms with Crippen LogP contribution in [0.5, 0.6) is 0 Å². The summed E-state index contributed by atoms with van der Waals surface area (Å²) >= 11 is 0. The number of unbranched alkanes of at least 4 members (excludes halogenated alkanes) is 1. The van der Waals surface area contributed by atoms with Crippen molar-refractivity contribution in [2.45, 2.75) is 44.3 Å². The fourth-order valence-corrected chi connectivity index (χ4v) is 2.76. The van der Waals surface area contributed by atoms with Gasteiger partial charge in [0.05, 0.1) is 12.4 Å². The van der Waals surface area contributed by atoms with Crippen LogP contribution >= 0.6 is 0 Å². The predicted octanol–water partition coefficient (Wildman–Crippen LogP) is -0.374. The number of aliphatic hydroxyl groups excluding tert-OH is 2. The molecular weight excluding hydrogens is 326 g/mol. The van der Waals surface area contributed by atoms with Gasteiger partial charge in [0.25, 0.3) is 0 Å². The van der Waals surface area contributed by atoms with Gasteiger partial charge in [-0.1, -0.05) is 0 Å². The molecular formula is C15H23N7O3. The Morgan fingerprint density at radius 2 is 2.16 bits per heavy atom. The minimum Gasteiger partial charge on any atom is -0.388 e. The fraction of sp³-hybridized carbons (Fsp3) is 0.600. The predicted molar refractivity (Wildman–Crippen MR) is 92.1 cm³/mol. The molecule has 2 aromatic rings. The summed E-state index contributed by atoms with van der Waals surface area (Å²) in [4.78, 5) is 12.8. The number of hydrazone groups is 1. The zero-order valence-electron chi connectivity index (χ0n) is 14.2. The van der Waals surface area contributed by atoms with Crippen LogP contribution in [0.1, 0.15) is 26.0 Å². The fourth-order valence-electron chi connectivity index (χ4n) is 2.76. The van der Waals surface area contributed by atoms with E-state index in [1.54, 1.807) is 29.8 Å². The zero-order chi connectivity index (χ0) is 18.0. The first kappa shape index (κ1) is 17.7. The lowest BCUT2D eigenvalue weighted by Crippen LogP contribution is -2.30. The van der Waals surface area contributed by atoms with Crippen molar-refractivity contribution in [2.24, 2.45) is 10.8 Å². The maximum Gasteiger partial charge on any atom is 0.180 e. The highest BCUT2D eigenvalue weighted by atomic mass is 16.6. The monoisotopic (exact) mass is 349 g/mol. The smallest absolute Gasteiger partial charge is 0.180 e. The first-order valence-electron chi connectivity index (χ1n) is 8.20. The van der Waals surface area contributed by atoms with Gasteiger partial charge in [0.15, 0.2) is 23.2 Å². The van der Waals surface area contributed by atoms with Crippen molar-refractivity contribution < 1.29 is 14.9 Å². The summed E-state index contributed by atoms with van der Waals surface area (Å²) < 4.78 is 7.24. The molecule has 4 N–H and O–H groups in total. The van der Waals surface area contributed by atoms with Crippen molar-refractivity contribution in [2.75, 3.05) is 18.6 Å². The minimum atomic E-state index is -1.06. The lowest BCUT2D eigenvalue weighted by Gasteiger charge is -2.17. The molecule has 10 heteroatoms. The number of nitrogens with two attached hydrogens (primary N) is 1. The van der Waals surface area contributed by atoms with Crippen LogP contribution < -0.4 is 10.7 Å². The molecule has 25 heavy (non-hydrogen) atoms. The average molecular weight is 349 g/mol. The van der Waals surface area contributed by atoms with E-state index in [2.05, 4.69) is 20.1 Å². The number of rotatable bonds is 6. The number of nitrogens with zero attached hydrogens (tertiary/aromatic N) is 6. The minimum absolute atomic E-state index is 0.478. The lowest BCUT2D eigenvalue weighted by molar-refractivity contribution is -0.0299. The summed E-state index contributed by atoms with van der Waals surface area (Å²) in [7, 11) is 1.77. The van der Waals surface area contributed by atoms with Crippen LogP contribution in [-0.4, -0.2) is 67.9 Å². The third kappa shape index (κ3) is 3.33. The van der Waals surface area contributed by atoms with Gasteiger partial charge in [0.1, 0.15) is 18.5 Å². The summed E-state index contributed by atoms with van der Waals surface area (Å²) in [5.41, 5.74) is 6.50. The molecule has 1 aliphatic heterocycles. The van der Waals surface area contributed by atoms with E-state index in [4.69, 9.17) is 10.5 Å². The van der Waals surface area contributed by atoms with E-state index in [1.165, 1.54) is 12.7 Å². The molecule has 136 valence electrons. The average Bonchev–Trinajstić information content (AvgIpc) is 3.15. The van der Waals surface area contributed by atoms with Gasteiger partial charge in [-0.15, -0.1) is 0 Å². The highest BCUT2D eigenvalue weighted by molar-refractivity contribution is 5.83. The Balaban J connectivity index is 1.89. The molecule has 3 heterocycles. The lowest BCUT2D eigenvalue weighted by atomic mass is 10.1. The van der Waals surface area contributed by atoms with E-state index >= 15 is 0 Å². The third-order valence-electron chi connectivity index (χ3n) is 4.19. The molecule has 1 aliphatic rings. The first-order valence-corrected chi connectivity index (χ1v) is 8.20. The van der Waals surface area contributed by atoms with Crippen molar-refractivity contribution in [3.63, 3.8) is 0 Å². The summed E-state index contributed by atoms with van der Waals surface area (Å²) in [6, 6.07) is 0. The van der Waals surface area contributed by atoms with Crippen LogP contribution in [0.25, 0.3) is 11.2 Å². The number of hydrogen-bond acceptors (Lipinski definition) is 9. The van der Waals surface area contributed by atoms with Gasteiger partial charge < -0.3 is 20.7 Å². The molecule has 0 bridgehead atoms. The molecule has 0 amide bonds. The number of aliphatic hydroxyl groups is 2. The summed E-state index contributed by atoms with van der Waals surface area (Å²) in [6.45, 7) is 2.32. The van der Waals surface area contributed by atoms with Gasteiger partial charge in [0, 0.05) is 13.3 Å². The van der Waals surface area contributed by atoms with E-state index in [0.717, 1.165) is 12.8 Å². The molecule has 2 aromatic heterocycles. The Labute approximate surface area is 145 Å². The summed E-state index contributed by atoms with van der Waals surface area (Å²) in [5.74, 6) is 0.536. The van der Waals surface area contributed by atoms with Gasteiger partial charge in [-0.25, -0.2) is 20.0 Å². The Bertz CT molecular complexity index is 750. The van der Waals surface area contributed by atoms with Gasteiger partial charge in [-0.05, 0) is 26.3 Å². The van der Waals surface area contributed by atoms with E-state index in [9.17, 15) is 10.2 Å². The number of fused-ring (bicyclic) bond motifs is 1. The van der Waals surface area contributed by atoms with Crippen molar-refractivity contribution in [3.8, 4) is 0 Å². The van der Waals surface area contributed by atoms with Crippen molar-refractivity contribution in [3.05, 3.63) is 12.7 Å². The van der Waals surface area contributed by atoms with Gasteiger partial charge in [0.2, 0.25) is 0 Å². The summed E-state index contributed by atoms with van der Waals surface area (Å²) in [5, 5.41) is 26.0. The second kappa shape index (κ2) is 7.40. The van der Waals surface area contributed by atoms with Crippen molar-refractivity contribution >= 4 is 23.2 Å². The number of ether oxygens (including phenoxy) is 1. The molecule has 4 atom stereocenters. The topological polar surface area (TPSA) is 135 Å². The maximum atomic E-state index is 10.2. The zero-order valence-corrected chi connectivity index (χ0v) is 14.2. The van der Waals surface area contributed by atoms with Crippen LogP contribution in [0, 0.1) is 0 Å². The molecule has 3 rings (SSSR count). The molecule has 0 saturated carbocycles. The number of anilines is 1. The second-order valence-corrected chi connectivity index (χ2v) is 5.99. The Morgan fingerprint density at radius 1 is 1.36 bits per heavy atom. The standard InChI is InChI=1S/C15H23N7O3/c1-9-11(23)12(24)15(25-9)22-8-19-10-13(17-7-18-14(10)22)21(2)20-6-4-3-5-16/h6-9,11-12,15,23-24H,3-5,16H2,1-2H3/t9-,11-,12-,15-/m1/s1. The van der Waals surface area contributed by atoms with Gasteiger partial charge in [-0.2, -0.15) is 5.10 Å². The van der Waals surface area contributed by atoms with Crippen molar-refractivity contribution in [1.29, 1.82) is 0 Å². The highest BCUT2D eigenvalue weighted by Crippen LogP contribution is 2.32. The Kier molecular flexibility index (Phi) is 5.23. The number of aromatic nitrogens is 4. The second-order valence-electron chi connectivity index (χ2n) is 5.99. The molecule has 0 unspecified atom stereocenters. The molecule has 0 radical (unpaired) electrons. The molecule has 0 aliphatic carbocycles. The summed E-state index contributed by atoms with van der Waals surface area (Å²) in [6.07, 6.45) is 3.10. The van der Waals surface area contributed by atoms with Crippen molar-refractivity contribution in [1.82, 2.24) is 19.5 Å². The van der Waals surface area contributed by atoms with Crippen LogP contribution in [0.4, 0.5) is 5.82 Å². The highest BCUT2D eigenvalue weighted by Gasteiger charge is 2.42. The Hall–Kier alpha value is -2.14. The van der Waals surface area contributed by atoms with Crippen LogP contribution in [0.2, 0.25) is 0 Å². The molecule has 1 saturated heterocycles. The van der Waals surface area contributed by atoms with E-state index in [-0.39, 0.29) is 0 Å². The molecule has 0 aromatic carbocycles. The van der Waals surface area contributed by atoms with Crippen LogP contribution in [0.3, 0.4) is 0 Å².